The molecule has 230 valence electrons. The Morgan fingerprint density at radius 3 is 2.63 bits per heavy atom. The summed E-state index contributed by atoms with van der Waals surface area (Å²) in [5.41, 5.74) is 4.52. The van der Waals surface area contributed by atoms with E-state index < -0.39 is 8.38 Å². The highest BCUT2D eigenvalue weighted by molar-refractivity contribution is 7.55. The van der Waals surface area contributed by atoms with Gasteiger partial charge >= 0.3 is 0 Å². The molecule has 2 aromatic rings. The fourth-order valence-corrected chi connectivity index (χ4v) is 6.14. The fraction of sp³-hybridized carbons (Fsp3) is 0.387. The molecule has 2 aliphatic heterocycles. The van der Waals surface area contributed by atoms with Crippen LogP contribution in [-0.4, -0.2) is 66.5 Å². The molecule has 43 heavy (non-hydrogen) atoms. The second-order valence-electron chi connectivity index (χ2n) is 11.1. The van der Waals surface area contributed by atoms with E-state index in [0.29, 0.717) is 53.3 Å². The van der Waals surface area contributed by atoms with Crippen LogP contribution in [0.3, 0.4) is 0 Å². The molecule has 1 aliphatic carbocycles. The van der Waals surface area contributed by atoms with Crippen LogP contribution in [0.2, 0.25) is 0 Å². The number of benzene rings is 2. The zero-order chi connectivity index (χ0) is 30.8. The highest BCUT2D eigenvalue weighted by Crippen LogP contribution is 2.52. The van der Waals surface area contributed by atoms with Gasteiger partial charge in [0.2, 0.25) is 0 Å². The molecule has 5 rings (SSSR count). The summed E-state index contributed by atoms with van der Waals surface area (Å²) in [6, 6.07) is 9.14. The van der Waals surface area contributed by atoms with Gasteiger partial charge in [-0.1, -0.05) is 25.3 Å². The summed E-state index contributed by atoms with van der Waals surface area (Å²) in [5.74, 6) is 0.0194. The highest BCUT2D eigenvalue weighted by atomic mass is 31.2. The van der Waals surface area contributed by atoms with Gasteiger partial charge in [-0.05, 0) is 55.5 Å². The van der Waals surface area contributed by atoms with Gasteiger partial charge in [0.15, 0.2) is 26.5 Å². The van der Waals surface area contributed by atoms with Gasteiger partial charge in [-0.2, -0.15) is 0 Å². The number of fused-ring (bicyclic) bond motifs is 1. The van der Waals surface area contributed by atoms with Crippen molar-refractivity contribution in [3.63, 3.8) is 0 Å². The first-order chi connectivity index (χ1) is 20.6. The molecule has 3 aliphatic rings. The zero-order valence-electron chi connectivity index (χ0n) is 24.5. The Kier molecular flexibility index (Phi) is 9.74. The van der Waals surface area contributed by atoms with Crippen molar-refractivity contribution < 1.29 is 28.4 Å². The van der Waals surface area contributed by atoms with Crippen molar-refractivity contribution >= 4 is 46.2 Å². The number of nitrogens with one attached hydrogen (secondary N) is 2. The number of nitrogens with zero attached hydrogens (tertiary/aromatic N) is 2. The second kappa shape index (κ2) is 13.3. The Bertz CT molecular complexity index is 1430. The Morgan fingerprint density at radius 1 is 1.28 bits per heavy atom. The van der Waals surface area contributed by atoms with Gasteiger partial charge < -0.3 is 39.7 Å². The van der Waals surface area contributed by atoms with E-state index in [9.17, 15) is 14.6 Å². The maximum Gasteiger partial charge on any atom is 0.262 e. The van der Waals surface area contributed by atoms with Crippen LogP contribution in [0.15, 0.2) is 61.0 Å². The molecule has 2 aromatic carbocycles. The van der Waals surface area contributed by atoms with Crippen LogP contribution in [0.25, 0.3) is 5.57 Å². The first-order valence-electron chi connectivity index (χ1n) is 14.3. The van der Waals surface area contributed by atoms with E-state index in [2.05, 4.69) is 44.9 Å². The predicted molar refractivity (Wildman–Crippen MR) is 174 cm³/mol. The van der Waals surface area contributed by atoms with Crippen LogP contribution in [0.4, 0.5) is 21.5 Å². The highest BCUT2D eigenvalue weighted by Gasteiger charge is 2.38. The molecular weight excluding hydrogens is 589 g/mol. The summed E-state index contributed by atoms with van der Waals surface area (Å²) in [7, 11) is 1.98. The number of ether oxygens (including phenoxy) is 2. The van der Waals surface area contributed by atoms with Crippen LogP contribution < -0.4 is 25.2 Å². The number of hydrogen-bond acceptors (Lipinski definition) is 8. The lowest BCUT2D eigenvalue weighted by molar-refractivity contribution is -0.119. The van der Waals surface area contributed by atoms with Crippen LogP contribution in [0.1, 0.15) is 30.9 Å². The number of anilines is 3. The van der Waals surface area contributed by atoms with Gasteiger partial charge in [-0.3, -0.25) is 4.79 Å². The quantitative estimate of drug-likeness (QED) is 0.209. The summed E-state index contributed by atoms with van der Waals surface area (Å²) < 4.78 is 27.5. The minimum absolute atomic E-state index is 0.224. The zero-order valence-corrected chi connectivity index (χ0v) is 26.5. The van der Waals surface area contributed by atoms with Crippen LogP contribution in [0, 0.1) is 5.82 Å². The smallest absolute Gasteiger partial charge is 0.262 e. The van der Waals surface area contributed by atoms with Crippen molar-refractivity contribution in [1.29, 1.82) is 0 Å². The summed E-state index contributed by atoms with van der Waals surface area (Å²) in [5, 5.41) is 5.88. The van der Waals surface area contributed by atoms with Crippen LogP contribution >= 0.6 is 17.6 Å². The third-order valence-corrected chi connectivity index (χ3v) is 9.66. The Hall–Kier alpha value is -3.00. The summed E-state index contributed by atoms with van der Waals surface area (Å²) >= 11 is 0. The van der Waals surface area contributed by atoms with Gasteiger partial charge in [0, 0.05) is 60.1 Å². The molecule has 1 saturated carbocycles. The average molecular weight is 629 g/mol. The van der Waals surface area contributed by atoms with E-state index in [-0.39, 0.29) is 41.6 Å². The lowest BCUT2D eigenvalue weighted by Gasteiger charge is -2.38. The van der Waals surface area contributed by atoms with Crippen molar-refractivity contribution in [2.24, 2.45) is 0 Å². The van der Waals surface area contributed by atoms with Gasteiger partial charge in [0.05, 0.1) is 12.8 Å². The molecule has 2 fully saturated rings. The summed E-state index contributed by atoms with van der Waals surface area (Å²) in [6.07, 6.45) is 4.40. The lowest BCUT2D eigenvalue weighted by Crippen LogP contribution is -2.49. The van der Waals surface area contributed by atoms with Gasteiger partial charge in [0.1, 0.15) is 11.4 Å². The molecule has 0 spiro atoms. The SMILES string of the molecule is C=C(OCC(=O)Nc1ccc(CC(P)P(O)O)cc1)C1=CN(C2CC2)c2c(cc(F)c(N3CCNC(C)C3)c2OC)C1=C. The van der Waals surface area contributed by atoms with Crippen LogP contribution in [-0.2, 0) is 16.0 Å². The fourth-order valence-electron chi connectivity index (χ4n) is 5.50. The van der Waals surface area contributed by atoms with E-state index in [4.69, 9.17) is 9.47 Å². The predicted octanol–water partition coefficient (Wildman–Crippen LogP) is 4.72. The molecule has 2 heterocycles. The number of halogens is 1. The number of piperazine rings is 1. The average Bonchev–Trinajstić information content (AvgIpc) is 3.82. The first kappa shape index (κ1) is 31.4. The standard InChI is InChI=1S/C31H39FN4O5P2/c1-18-15-35(12-11-33-18)30-26(32)14-24-19(2)25(16-36(23-9-10-23)29(24)31(30)40-4)20(3)41-17-27(37)34-22-7-5-21(6-8-22)13-28(42)43(38)39/h5-8,14,16,18,23,28,33,38-39H,2-3,9-13,15,17,42H2,1,4H3,(H,34,37). The van der Waals surface area contributed by atoms with Crippen molar-refractivity contribution in [2.45, 2.75) is 43.7 Å². The molecule has 4 N–H and O–H groups in total. The largest absolute Gasteiger partial charge is 0.492 e. The Balaban J connectivity index is 1.30. The van der Waals surface area contributed by atoms with Crippen molar-refractivity contribution in [3.05, 3.63) is 78.0 Å². The minimum Gasteiger partial charge on any atom is -0.492 e. The van der Waals surface area contributed by atoms with E-state index in [0.717, 1.165) is 30.6 Å². The second-order valence-corrected chi connectivity index (χ2v) is 13.8. The van der Waals surface area contributed by atoms with Gasteiger partial charge in [0.25, 0.3) is 5.91 Å². The van der Waals surface area contributed by atoms with Crippen molar-refractivity contribution in [2.75, 3.05) is 48.5 Å². The number of carbonyl (C=O) groups excluding carboxylic acids is 1. The molecular formula is C31H39FN4O5P2. The minimum atomic E-state index is -2.03. The Morgan fingerprint density at radius 2 is 2.00 bits per heavy atom. The van der Waals surface area contributed by atoms with Crippen molar-refractivity contribution in [1.82, 2.24) is 5.32 Å². The molecule has 12 heteroatoms. The Labute approximate surface area is 255 Å². The molecule has 0 aromatic heterocycles. The lowest BCUT2D eigenvalue weighted by atomic mass is 9.92. The number of carbonyl (C=O) groups is 1. The molecule has 1 amide bonds. The van der Waals surface area contributed by atoms with Gasteiger partial charge in [-0.25, -0.2) is 4.39 Å². The first-order valence-corrected chi connectivity index (χ1v) is 16.3. The van der Waals surface area contributed by atoms with Crippen molar-refractivity contribution in [3.8, 4) is 5.75 Å². The number of hydrogen-bond donors (Lipinski definition) is 4. The third-order valence-electron chi connectivity index (χ3n) is 7.85. The summed E-state index contributed by atoms with van der Waals surface area (Å²) in [4.78, 5) is 35.5. The number of amides is 1. The van der Waals surface area contributed by atoms with E-state index in [1.807, 2.05) is 23.2 Å². The van der Waals surface area contributed by atoms with E-state index in [1.165, 1.54) is 6.07 Å². The molecule has 0 radical (unpaired) electrons. The molecule has 3 atom stereocenters. The summed E-state index contributed by atoms with van der Waals surface area (Å²) in [6.45, 7) is 12.2. The number of rotatable bonds is 11. The normalized spacial score (nSPS) is 19.1. The molecule has 0 bridgehead atoms. The number of methoxy groups -OCH3 is 1. The number of allylic oxidation sites excluding steroid dienone is 1. The molecule has 1 saturated heterocycles. The maximum atomic E-state index is 15.8. The van der Waals surface area contributed by atoms with E-state index in [1.54, 1.807) is 19.2 Å². The van der Waals surface area contributed by atoms with E-state index >= 15 is 4.39 Å². The topological polar surface area (TPSA) is 107 Å². The molecule has 3 unspecified atom stereocenters. The monoisotopic (exact) mass is 628 g/mol. The maximum absolute atomic E-state index is 15.8. The molecule has 9 nitrogen and oxygen atoms in total. The van der Waals surface area contributed by atoms with Gasteiger partial charge in [-0.15, -0.1) is 9.24 Å². The third kappa shape index (κ3) is 7.05. The van der Waals surface area contributed by atoms with Crippen LogP contribution in [0.5, 0.6) is 5.75 Å².